The lowest BCUT2D eigenvalue weighted by atomic mass is 9.78. The summed E-state index contributed by atoms with van der Waals surface area (Å²) < 4.78 is 5.64. The molecule has 0 bridgehead atoms. The highest BCUT2D eigenvalue weighted by Gasteiger charge is 2.32. The molecule has 2 atom stereocenters. The van der Waals surface area contributed by atoms with Gasteiger partial charge in [-0.05, 0) is 41.0 Å². The van der Waals surface area contributed by atoms with Crippen LogP contribution in [0.3, 0.4) is 0 Å². The standard InChI is InChI=1S/C27H32N2O5S/c30-25(31)17-35-14-13-28-26(32)19-8-2-1-7-18(19)15-29-27(33)34-16-24-22-11-5-3-9-20(22)21-10-4-6-12-23(21)24/h3-6,9-12,18-19,24H,1-2,7-8,13-17H2,(H,28,32)(H,29,33)(H,30,31). The van der Waals surface area contributed by atoms with Gasteiger partial charge in [-0.25, -0.2) is 4.79 Å². The maximum absolute atomic E-state index is 12.7. The molecule has 186 valence electrons. The quantitative estimate of drug-likeness (QED) is 0.425. The van der Waals surface area contributed by atoms with Gasteiger partial charge in [0.05, 0.1) is 5.75 Å². The molecule has 1 fully saturated rings. The molecule has 0 saturated heterocycles. The van der Waals surface area contributed by atoms with Crippen LogP contribution in [-0.4, -0.2) is 54.3 Å². The summed E-state index contributed by atoms with van der Waals surface area (Å²) in [5, 5.41) is 14.5. The zero-order chi connectivity index (χ0) is 24.6. The van der Waals surface area contributed by atoms with Gasteiger partial charge in [-0.3, -0.25) is 9.59 Å². The molecule has 0 aromatic heterocycles. The number of carbonyl (C=O) groups is 3. The Kier molecular flexibility index (Phi) is 8.69. The van der Waals surface area contributed by atoms with Crippen LogP contribution >= 0.6 is 11.8 Å². The molecule has 8 heteroatoms. The van der Waals surface area contributed by atoms with Crippen molar-refractivity contribution < 1.29 is 24.2 Å². The number of amides is 2. The van der Waals surface area contributed by atoms with E-state index in [2.05, 4.69) is 34.9 Å². The minimum atomic E-state index is -0.854. The third-order valence-electron chi connectivity index (χ3n) is 6.87. The van der Waals surface area contributed by atoms with Crippen molar-refractivity contribution in [2.75, 3.05) is 31.2 Å². The van der Waals surface area contributed by atoms with Gasteiger partial charge in [-0.15, -0.1) is 11.8 Å². The van der Waals surface area contributed by atoms with E-state index in [-0.39, 0.29) is 36.0 Å². The Morgan fingerprint density at radius 2 is 1.60 bits per heavy atom. The number of benzene rings is 2. The molecule has 0 spiro atoms. The van der Waals surface area contributed by atoms with Crippen LogP contribution in [0.1, 0.15) is 42.7 Å². The van der Waals surface area contributed by atoms with E-state index in [1.165, 1.54) is 34.0 Å². The third kappa shape index (κ3) is 6.36. The van der Waals surface area contributed by atoms with E-state index in [1.54, 1.807) is 0 Å². The molecule has 2 aliphatic rings. The lowest BCUT2D eigenvalue weighted by Gasteiger charge is -2.30. The smallest absolute Gasteiger partial charge is 0.407 e. The molecule has 2 amide bonds. The average Bonchev–Trinajstić information content (AvgIpc) is 3.19. The number of carbonyl (C=O) groups excluding carboxylic acids is 2. The minimum absolute atomic E-state index is 0.0139. The highest BCUT2D eigenvalue weighted by molar-refractivity contribution is 7.99. The molecule has 35 heavy (non-hydrogen) atoms. The zero-order valence-corrected chi connectivity index (χ0v) is 20.5. The Hall–Kier alpha value is -3.00. The summed E-state index contributed by atoms with van der Waals surface area (Å²) in [5.41, 5.74) is 4.73. The van der Waals surface area contributed by atoms with Crippen LogP contribution in [0.4, 0.5) is 4.79 Å². The topological polar surface area (TPSA) is 105 Å². The van der Waals surface area contributed by atoms with Gasteiger partial charge in [0.1, 0.15) is 6.61 Å². The molecular weight excluding hydrogens is 464 g/mol. The number of ether oxygens (including phenoxy) is 1. The monoisotopic (exact) mass is 496 g/mol. The van der Waals surface area contributed by atoms with Gasteiger partial charge in [0.25, 0.3) is 0 Å². The van der Waals surface area contributed by atoms with Gasteiger partial charge in [0.15, 0.2) is 0 Å². The molecule has 2 aromatic carbocycles. The maximum Gasteiger partial charge on any atom is 0.407 e. The largest absolute Gasteiger partial charge is 0.481 e. The van der Waals surface area contributed by atoms with Gasteiger partial charge in [0, 0.05) is 30.7 Å². The predicted octanol–water partition coefficient (Wildman–Crippen LogP) is 4.27. The number of alkyl carbamates (subject to hydrolysis) is 1. The van der Waals surface area contributed by atoms with Crippen LogP contribution in [0.15, 0.2) is 48.5 Å². The predicted molar refractivity (Wildman–Crippen MR) is 136 cm³/mol. The SMILES string of the molecule is O=C(O)CSCCNC(=O)C1CCCCC1CNC(=O)OCC1c2ccccc2-c2ccccc21. The van der Waals surface area contributed by atoms with E-state index in [0.29, 0.717) is 18.8 Å². The van der Waals surface area contributed by atoms with Crippen LogP contribution in [0, 0.1) is 11.8 Å². The molecule has 4 rings (SSSR count). The molecule has 2 aliphatic carbocycles. The molecular formula is C27H32N2O5S. The molecule has 3 N–H and O–H groups in total. The van der Waals surface area contributed by atoms with Gasteiger partial charge >= 0.3 is 12.1 Å². The molecule has 2 aromatic rings. The van der Waals surface area contributed by atoms with Gasteiger partial charge < -0.3 is 20.5 Å². The number of hydrogen-bond acceptors (Lipinski definition) is 5. The Morgan fingerprint density at radius 3 is 2.29 bits per heavy atom. The van der Waals surface area contributed by atoms with Crippen molar-refractivity contribution in [2.24, 2.45) is 11.8 Å². The van der Waals surface area contributed by atoms with E-state index >= 15 is 0 Å². The highest BCUT2D eigenvalue weighted by atomic mass is 32.2. The first-order valence-electron chi connectivity index (χ1n) is 12.2. The Morgan fingerprint density at radius 1 is 0.943 bits per heavy atom. The summed E-state index contributed by atoms with van der Waals surface area (Å²) in [6.45, 7) is 1.12. The summed E-state index contributed by atoms with van der Waals surface area (Å²) in [6, 6.07) is 16.5. The minimum Gasteiger partial charge on any atom is -0.481 e. The summed E-state index contributed by atoms with van der Waals surface area (Å²) in [7, 11) is 0. The Balaban J connectivity index is 1.25. The van der Waals surface area contributed by atoms with Gasteiger partial charge in [-0.1, -0.05) is 61.4 Å². The molecule has 0 heterocycles. The fraction of sp³-hybridized carbons (Fsp3) is 0.444. The molecule has 0 aliphatic heterocycles. The average molecular weight is 497 g/mol. The number of nitrogens with one attached hydrogen (secondary N) is 2. The summed E-state index contributed by atoms with van der Waals surface area (Å²) in [6.07, 6.45) is 3.25. The van der Waals surface area contributed by atoms with Crippen LogP contribution < -0.4 is 10.6 Å². The third-order valence-corrected chi connectivity index (χ3v) is 7.81. The van der Waals surface area contributed by atoms with E-state index in [4.69, 9.17) is 9.84 Å². The first-order valence-corrected chi connectivity index (χ1v) is 13.4. The summed E-state index contributed by atoms with van der Waals surface area (Å²) >= 11 is 1.28. The van der Waals surface area contributed by atoms with Crippen molar-refractivity contribution in [1.82, 2.24) is 10.6 Å². The van der Waals surface area contributed by atoms with Gasteiger partial charge in [-0.2, -0.15) is 0 Å². The van der Waals surface area contributed by atoms with Gasteiger partial charge in [0.2, 0.25) is 5.91 Å². The van der Waals surface area contributed by atoms with E-state index < -0.39 is 12.1 Å². The van der Waals surface area contributed by atoms with Crippen LogP contribution in [0.2, 0.25) is 0 Å². The lowest BCUT2D eigenvalue weighted by Crippen LogP contribution is -2.42. The van der Waals surface area contributed by atoms with Crippen molar-refractivity contribution >= 4 is 29.7 Å². The zero-order valence-electron chi connectivity index (χ0n) is 19.7. The van der Waals surface area contributed by atoms with Crippen molar-refractivity contribution in [2.45, 2.75) is 31.6 Å². The second-order valence-electron chi connectivity index (χ2n) is 9.09. The maximum atomic E-state index is 12.7. The Labute approximate surface area is 210 Å². The molecule has 0 radical (unpaired) electrons. The van der Waals surface area contributed by atoms with Crippen molar-refractivity contribution in [3.8, 4) is 11.1 Å². The lowest BCUT2D eigenvalue weighted by molar-refractivity contribution is -0.134. The molecule has 1 saturated carbocycles. The second kappa shape index (κ2) is 12.1. The van der Waals surface area contributed by atoms with Crippen LogP contribution in [-0.2, 0) is 14.3 Å². The fourth-order valence-corrected chi connectivity index (χ4v) is 5.76. The first kappa shape index (κ1) is 25.1. The fourth-order valence-electron chi connectivity index (χ4n) is 5.20. The normalized spacial score (nSPS) is 18.9. The summed E-state index contributed by atoms with van der Waals surface area (Å²) in [4.78, 5) is 35.9. The number of fused-ring (bicyclic) bond motifs is 3. The number of carboxylic acid groups (broad SMARTS) is 1. The van der Waals surface area contributed by atoms with Crippen molar-refractivity contribution in [3.63, 3.8) is 0 Å². The number of hydrogen-bond donors (Lipinski definition) is 3. The van der Waals surface area contributed by atoms with E-state index in [0.717, 1.165) is 25.7 Å². The molecule has 7 nitrogen and oxygen atoms in total. The van der Waals surface area contributed by atoms with Crippen molar-refractivity contribution in [3.05, 3.63) is 59.7 Å². The first-order chi connectivity index (χ1) is 17.0. The number of carboxylic acids is 1. The van der Waals surface area contributed by atoms with Crippen molar-refractivity contribution in [1.29, 1.82) is 0 Å². The van der Waals surface area contributed by atoms with Crippen LogP contribution in [0.25, 0.3) is 11.1 Å². The summed E-state index contributed by atoms with van der Waals surface area (Å²) in [5.74, 6) is -0.342. The molecule has 2 unspecified atom stereocenters. The van der Waals surface area contributed by atoms with E-state index in [9.17, 15) is 14.4 Å². The van der Waals surface area contributed by atoms with Crippen LogP contribution in [0.5, 0.6) is 0 Å². The number of aliphatic carboxylic acids is 1. The highest BCUT2D eigenvalue weighted by Crippen LogP contribution is 2.44. The number of thioether (sulfide) groups is 1. The number of rotatable bonds is 10. The second-order valence-corrected chi connectivity index (χ2v) is 10.2. The Bertz CT molecular complexity index is 1010. The van der Waals surface area contributed by atoms with E-state index in [1.807, 2.05) is 24.3 Å².